The van der Waals surface area contributed by atoms with Crippen LogP contribution in [-0.4, -0.2) is 37.2 Å². The summed E-state index contributed by atoms with van der Waals surface area (Å²) in [5.41, 5.74) is 0. The van der Waals surface area contributed by atoms with Crippen molar-refractivity contribution in [2.24, 2.45) is 0 Å². The van der Waals surface area contributed by atoms with Gasteiger partial charge >= 0.3 is 17.9 Å². The topological polar surface area (TPSA) is 78.9 Å². The van der Waals surface area contributed by atoms with Crippen molar-refractivity contribution in [3.8, 4) is 0 Å². The number of rotatable bonds is 47. The van der Waals surface area contributed by atoms with E-state index in [9.17, 15) is 14.4 Å². The molecule has 0 fully saturated rings. The van der Waals surface area contributed by atoms with Crippen molar-refractivity contribution in [3.63, 3.8) is 0 Å². The summed E-state index contributed by atoms with van der Waals surface area (Å²) in [4.78, 5) is 38.0. The molecule has 6 heteroatoms. The van der Waals surface area contributed by atoms with Gasteiger partial charge in [-0.2, -0.15) is 0 Å². The summed E-state index contributed by atoms with van der Waals surface area (Å²) in [6.45, 7) is 6.47. The Morgan fingerprint density at radius 3 is 1.03 bits per heavy atom. The highest BCUT2D eigenvalue weighted by Crippen LogP contribution is 2.15. The van der Waals surface area contributed by atoms with Gasteiger partial charge in [0.1, 0.15) is 13.2 Å². The monoisotopic (exact) mass is 879 g/mol. The number of carbonyl (C=O) groups is 3. The molecule has 6 nitrogen and oxygen atoms in total. The largest absolute Gasteiger partial charge is 0.462 e. The Kier molecular flexibility index (Phi) is 48.9. The van der Waals surface area contributed by atoms with Crippen LogP contribution < -0.4 is 0 Å². The first-order valence-electron chi connectivity index (χ1n) is 26.4. The summed E-state index contributed by atoms with van der Waals surface area (Å²) in [6, 6.07) is 0. The molecule has 0 aromatic rings. The van der Waals surface area contributed by atoms with E-state index in [1.54, 1.807) is 0 Å². The van der Waals surface area contributed by atoms with Crippen LogP contribution in [0.15, 0.2) is 72.9 Å². The van der Waals surface area contributed by atoms with Crippen LogP contribution >= 0.6 is 0 Å². The van der Waals surface area contributed by atoms with Gasteiger partial charge in [0, 0.05) is 19.3 Å². The van der Waals surface area contributed by atoms with E-state index in [1.807, 2.05) is 0 Å². The minimum absolute atomic E-state index is 0.0889. The summed E-state index contributed by atoms with van der Waals surface area (Å²) >= 11 is 0. The Morgan fingerprint density at radius 2 is 0.619 bits per heavy atom. The van der Waals surface area contributed by atoms with Crippen LogP contribution in [0.3, 0.4) is 0 Å². The number of esters is 3. The average molecular weight is 879 g/mol. The Balaban J connectivity index is 4.42. The number of hydrogen-bond acceptors (Lipinski definition) is 6. The zero-order valence-corrected chi connectivity index (χ0v) is 41.3. The van der Waals surface area contributed by atoms with Crippen molar-refractivity contribution in [2.45, 2.75) is 258 Å². The predicted molar refractivity (Wildman–Crippen MR) is 270 cm³/mol. The quantitative estimate of drug-likeness (QED) is 0.0262. The maximum Gasteiger partial charge on any atom is 0.306 e. The number of unbranched alkanes of at least 4 members (excludes halogenated alkanes) is 24. The molecule has 0 aliphatic carbocycles. The molecule has 1 atom stereocenters. The predicted octanol–water partition coefficient (Wildman–Crippen LogP) is 17.4. The number of allylic oxidation sites excluding steroid dienone is 12. The van der Waals surface area contributed by atoms with E-state index in [4.69, 9.17) is 14.2 Å². The van der Waals surface area contributed by atoms with Crippen molar-refractivity contribution in [3.05, 3.63) is 72.9 Å². The first-order chi connectivity index (χ1) is 31.0. The number of hydrogen-bond donors (Lipinski definition) is 0. The Bertz CT molecular complexity index is 1190. The Morgan fingerprint density at radius 1 is 0.333 bits per heavy atom. The van der Waals surface area contributed by atoms with Gasteiger partial charge in [-0.05, 0) is 89.9 Å². The van der Waals surface area contributed by atoms with Gasteiger partial charge in [0.2, 0.25) is 0 Å². The molecular formula is C57H98O6. The van der Waals surface area contributed by atoms with Gasteiger partial charge < -0.3 is 14.2 Å². The first-order valence-corrected chi connectivity index (χ1v) is 26.4. The smallest absolute Gasteiger partial charge is 0.306 e. The lowest BCUT2D eigenvalue weighted by Gasteiger charge is -2.18. The van der Waals surface area contributed by atoms with Crippen molar-refractivity contribution in [1.29, 1.82) is 0 Å². The molecule has 0 amide bonds. The van der Waals surface area contributed by atoms with Crippen LogP contribution in [0.25, 0.3) is 0 Å². The summed E-state index contributed by atoms with van der Waals surface area (Å²) in [5, 5.41) is 0. The molecular weight excluding hydrogens is 781 g/mol. The summed E-state index contributed by atoms with van der Waals surface area (Å²) in [5.74, 6) is -0.926. The molecule has 0 rings (SSSR count). The van der Waals surface area contributed by atoms with E-state index in [0.717, 1.165) is 103 Å². The van der Waals surface area contributed by atoms with Gasteiger partial charge in [-0.25, -0.2) is 0 Å². The van der Waals surface area contributed by atoms with Crippen LogP contribution in [-0.2, 0) is 28.6 Å². The fourth-order valence-electron chi connectivity index (χ4n) is 7.23. The molecule has 0 radical (unpaired) electrons. The third kappa shape index (κ3) is 49.7. The van der Waals surface area contributed by atoms with Crippen LogP contribution in [0.1, 0.15) is 252 Å². The SMILES string of the molecule is CC/C=C\C/C=C\C/C=C\C/C=C\C/C=C\CCCCCC(=O)OC[C@@H](COC(=O)CCCCCCC/C=C\CCCCC)OC(=O)CCCCCCCCCCCCCCCC. The third-order valence-corrected chi connectivity index (χ3v) is 11.2. The lowest BCUT2D eigenvalue weighted by Crippen LogP contribution is -2.30. The Hall–Kier alpha value is -3.15. The molecule has 0 saturated carbocycles. The maximum atomic E-state index is 12.8. The molecule has 0 N–H and O–H groups in total. The molecule has 0 aliphatic heterocycles. The fraction of sp³-hybridized carbons (Fsp3) is 0.737. The Labute approximate surface area is 389 Å². The molecule has 0 unspecified atom stereocenters. The van der Waals surface area contributed by atoms with E-state index in [1.165, 1.54) is 109 Å². The third-order valence-electron chi connectivity index (χ3n) is 11.2. The highest BCUT2D eigenvalue weighted by molar-refractivity contribution is 5.71. The maximum absolute atomic E-state index is 12.8. The lowest BCUT2D eigenvalue weighted by molar-refractivity contribution is -0.167. The second-order valence-corrected chi connectivity index (χ2v) is 17.4. The fourth-order valence-corrected chi connectivity index (χ4v) is 7.23. The summed E-state index contributed by atoms with van der Waals surface area (Å²) in [6.07, 6.45) is 64.5. The van der Waals surface area contributed by atoms with E-state index >= 15 is 0 Å². The second-order valence-electron chi connectivity index (χ2n) is 17.4. The lowest BCUT2D eigenvalue weighted by atomic mass is 10.0. The minimum Gasteiger partial charge on any atom is -0.462 e. The number of carbonyl (C=O) groups excluding carboxylic acids is 3. The minimum atomic E-state index is -0.789. The number of ether oxygens (including phenoxy) is 3. The van der Waals surface area contributed by atoms with Gasteiger partial charge in [0.25, 0.3) is 0 Å². The standard InChI is InChI=1S/C57H98O6/c1-4-7-10-13-16-19-22-25-27-28-29-30-31-33-35-38-41-44-47-50-56(59)62-53-54(52-61-55(58)49-46-43-40-37-34-24-21-18-15-12-9-6-3)63-57(60)51-48-45-42-39-36-32-26-23-20-17-14-11-8-5-2/h7,10,16,18-19,21,25,27,29-30,33,35,54H,4-6,8-9,11-15,17,20,22-24,26,28,31-32,34,36-53H2,1-3H3/b10-7-,19-16-,21-18-,27-25-,30-29-,35-33-/t54-/m1/s1. The summed E-state index contributed by atoms with van der Waals surface area (Å²) in [7, 11) is 0. The first kappa shape index (κ1) is 59.9. The molecule has 63 heavy (non-hydrogen) atoms. The van der Waals surface area contributed by atoms with E-state index in [0.29, 0.717) is 19.3 Å². The van der Waals surface area contributed by atoms with Crippen LogP contribution in [0.5, 0.6) is 0 Å². The molecule has 0 spiro atoms. The van der Waals surface area contributed by atoms with Crippen LogP contribution in [0.4, 0.5) is 0 Å². The van der Waals surface area contributed by atoms with Gasteiger partial charge in [-0.15, -0.1) is 0 Å². The average Bonchev–Trinajstić information content (AvgIpc) is 3.28. The zero-order chi connectivity index (χ0) is 45.8. The van der Waals surface area contributed by atoms with E-state index in [2.05, 4.69) is 93.7 Å². The molecule has 0 saturated heterocycles. The normalized spacial score (nSPS) is 12.6. The van der Waals surface area contributed by atoms with E-state index in [-0.39, 0.29) is 31.1 Å². The molecule has 0 aromatic carbocycles. The zero-order valence-electron chi connectivity index (χ0n) is 41.3. The molecule has 0 aliphatic rings. The van der Waals surface area contributed by atoms with Crippen molar-refractivity contribution < 1.29 is 28.6 Å². The summed E-state index contributed by atoms with van der Waals surface area (Å²) < 4.78 is 16.8. The van der Waals surface area contributed by atoms with Gasteiger partial charge in [0.15, 0.2) is 6.10 Å². The molecule has 0 bridgehead atoms. The van der Waals surface area contributed by atoms with Gasteiger partial charge in [0.05, 0.1) is 0 Å². The highest BCUT2D eigenvalue weighted by Gasteiger charge is 2.19. The molecule has 0 aromatic heterocycles. The van der Waals surface area contributed by atoms with Crippen molar-refractivity contribution >= 4 is 17.9 Å². The second kappa shape index (κ2) is 51.5. The molecule has 362 valence electrons. The van der Waals surface area contributed by atoms with Gasteiger partial charge in [-0.1, -0.05) is 216 Å². The highest BCUT2D eigenvalue weighted by atomic mass is 16.6. The van der Waals surface area contributed by atoms with Crippen molar-refractivity contribution in [1.82, 2.24) is 0 Å². The molecule has 0 heterocycles. The van der Waals surface area contributed by atoms with Gasteiger partial charge in [-0.3, -0.25) is 14.4 Å². The van der Waals surface area contributed by atoms with Crippen LogP contribution in [0, 0.1) is 0 Å². The van der Waals surface area contributed by atoms with E-state index < -0.39 is 6.10 Å². The van der Waals surface area contributed by atoms with Crippen molar-refractivity contribution in [2.75, 3.05) is 13.2 Å². The van der Waals surface area contributed by atoms with Crippen LogP contribution in [0.2, 0.25) is 0 Å².